The number of rotatable bonds is 6. The molecule has 1 atom stereocenters. The summed E-state index contributed by atoms with van der Waals surface area (Å²) in [5, 5.41) is 13.5. The molecular formula is C18H18FN5O4. The van der Waals surface area contributed by atoms with Gasteiger partial charge in [0.25, 0.3) is 5.91 Å². The van der Waals surface area contributed by atoms with E-state index in [0.717, 1.165) is 12.6 Å². The van der Waals surface area contributed by atoms with Gasteiger partial charge in [0.1, 0.15) is 29.6 Å². The lowest BCUT2D eigenvalue weighted by Gasteiger charge is -2.08. The van der Waals surface area contributed by atoms with E-state index in [4.69, 9.17) is 14.0 Å². The summed E-state index contributed by atoms with van der Waals surface area (Å²) in [4.78, 5) is 16.2. The molecule has 0 radical (unpaired) electrons. The molecule has 1 aliphatic rings. The number of ether oxygens (including phenoxy) is 2. The number of pyridine rings is 1. The topological polar surface area (TPSA) is 115 Å². The molecule has 0 spiro atoms. The summed E-state index contributed by atoms with van der Waals surface area (Å²) in [5.74, 6) is 0.103. The zero-order valence-corrected chi connectivity index (χ0v) is 15.1. The summed E-state index contributed by atoms with van der Waals surface area (Å²) in [6.07, 6.45) is 1.90. The molecule has 146 valence electrons. The van der Waals surface area contributed by atoms with Gasteiger partial charge in [-0.1, -0.05) is 5.16 Å². The standard InChI is InChI=1S/C18H18FN5O4/c1-10-13(17(24-28-10)14-3-2-11(19)7-20-14)9-27-16-6-15(22-23-16)18(25)21-12-4-5-26-8-12/h2-3,6-7,12H,4-5,8-9H2,1H3,(H,21,25)(H,22,23). The second-order valence-corrected chi connectivity index (χ2v) is 6.37. The van der Waals surface area contributed by atoms with Crippen LogP contribution in [0.1, 0.15) is 28.2 Å². The van der Waals surface area contributed by atoms with Crippen molar-refractivity contribution in [1.82, 2.24) is 25.7 Å². The molecule has 1 amide bonds. The number of carbonyl (C=O) groups excluding carboxylic acids is 1. The fourth-order valence-corrected chi connectivity index (χ4v) is 2.83. The predicted molar refractivity (Wildman–Crippen MR) is 94.0 cm³/mol. The van der Waals surface area contributed by atoms with Crippen molar-refractivity contribution in [2.75, 3.05) is 13.2 Å². The fraction of sp³-hybridized carbons (Fsp3) is 0.333. The van der Waals surface area contributed by atoms with Gasteiger partial charge in [-0.2, -0.15) is 0 Å². The third-order valence-corrected chi connectivity index (χ3v) is 4.38. The number of carbonyl (C=O) groups is 1. The summed E-state index contributed by atoms with van der Waals surface area (Å²) in [5.41, 5.74) is 1.89. The number of hydrogen-bond acceptors (Lipinski definition) is 7. The van der Waals surface area contributed by atoms with Crippen LogP contribution < -0.4 is 10.1 Å². The van der Waals surface area contributed by atoms with E-state index in [1.807, 2.05) is 0 Å². The Kier molecular flexibility index (Phi) is 5.02. The molecule has 28 heavy (non-hydrogen) atoms. The van der Waals surface area contributed by atoms with Crippen molar-refractivity contribution in [3.8, 4) is 17.3 Å². The normalized spacial score (nSPS) is 16.3. The van der Waals surface area contributed by atoms with Gasteiger partial charge < -0.3 is 19.3 Å². The molecule has 1 aliphatic heterocycles. The van der Waals surface area contributed by atoms with Crippen LogP contribution in [0, 0.1) is 12.7 Å². The highest BCUT2D eigenvalue weighted by molar-refractivity contribution is 5.92. The lowest BCUT2D eigenvalue weighted by Crippen LogP contribution is -2.35. The minimum absolute atomic E-state index is 0.00518. The molecule has 3 aromatic rings. The second kappa shape index (κ2) is 7.77. The zero-order chi connectivity index (χ0) is 19.5. The zero-order valence-electron chi connectivity index (χ0n) is 15.1. The smallest absolute Gasteiger partial charge is 0.269 e. The van der Waals surface area contributed by atoms with Crippen LogP contribution >= 0.6 is 0 Å². The van der Waals surface area contributed by atoms with Gasteiger partial charge in [-0.3, -0.25) is 14.9 Å². The highest BCUT2D eigenvalue weighted by atomic mass is 19.1. The lowest BCUT2D eigenvalue weighted by molar-refractivity contribution is 0.0924. The van der Waals surface area contributed by atoms with E-state index < -0.39 is 5.82 Å². The van der Waals surface area contributed by atoms with Crippen LogP contribution in [0.15, 0.2) is 28.9 Å². The largest absolute Gasteiger partial charge is 0.472 e. The van der Waals surface area contributed by atoms with Crippen molar-refractivity contribution >= 4 is 5.91 Å². The van der Waals surface area contributed by atoms with Crippen LogP contribution in [0.3, 0.4) is 0 Å². The molecule has 1 fully saturated rings. The van der Waals surface area contributed by atoms with E-state index in [-0.39, 0.29) is 24.4 Å². The summed E-state index contributed by atoms with van der Waals surface area (Å²) >= 11 is 0. The lowest BCUT2D eigenvalue weighted by atomic mass is 10.1. The Bertz CT molecular complexity index is 963. The Labute approximate surface area is 159 Å². The first kappa shape index (κ1) is 18.1. The van der Waals surface area contributed by atoms with Crippen molar-refractivity contribution in [2.24, 2.45) is 0 Å². The first-order chi connectivity index (χ1) is 13.6. The maximum absolute atomic E-state index is 13.1. The average Bonchev–Trinajstić information content (AvgIpc) is 3.42. The van der Waals surface area contributed by atoms with Gasteiger partial charge in [-0.05, 0) is 25.5 Å². The van der Waals surface area contributed by atoms with Gasteiger partial charge in [0.2, 0.25) is 5.88 Å². The Morgan fingerprint density at radius 1 is 1.46 bits per heavy atom. The number of aromatic nitrogens is 4. The second-order valence-electron chi connectivity index (χ2n) is 6.37. The molecular weight excluding hydrogens is 369 g/mol. The van der Waals surface area contributed by atoms with E-state index in [1.165, 1.54) is 18.2 Å². The number of aromatic amines is 1. The van der Waals surface area contributed by atoms with Crippen LogP contribution in [0.5, 0.6) is 5.88 Å². The Balaban J connectivity index is 1.42. The molecule has 3 aromatic heterocycles. The summed E-state index contributed by atoms with van der Waals surface area (Å²) in [6.45, 7) is 3.00. The molecule has 2 N–H and O–H groups in total. The SMILES string of the molecule is Cc1onc(-c2ccc(F)cn2)c1COc1cc(C(=O)NC2CCOC2)[nH]n1. The molecule has 4 heterocycles. The van der Waals surface area contributed by atoms with Crippen LogP contribution in [0.25, 0.3) is 11.4 Å². The van der Waals surface area contributed by atoms with Gasteiger partial charge in [-0.25, -0.2) is 4.39 Å². The van der Waals surface area contributed by atoms with E-state index in [2.05, 4.69) is 25.7 Å². The molecule has 1 saturated heterocycles. The molecule has 0 aliphatic carbocycles. The number of nitrogens with zero attached hydrogens (tertiary/aromatic N) is 3. The van der Waals surface area contributed by atoms with Crippen molar-refractivity contribution < 1.29 is 23.2 Å². The van der Waals surface area contributed by atoms with Gasteiger partial charge in [0.15, 0.2) is 0 Å². The number of nitrogens with one attached hydrogen (secondary N) is 2. The van der Waals surface area contributed by atoms with Crippen molar-refractivity contribution in [1.29, 1.82) is 0 Å². The van der Waals surface area contributed by atoms with Crippen LogP contribution in [0.2, 0.25) is 0 Å². The molecule has 0 aromatic carbocycles. The summed E-state index contributed by atoms with van der Waals surface area (Å²) in [7, 11) is 0. The highest BCUT2D eigenvalue weighted by Gasteiger charge is 2.21. The van der Waals surface area contributed by atoms with Crippen molar-refractivity contribution in [2.45, 2.75) is 26.0 Å². The van der Waals surface area contributed by atoms with Crippen LogP contribution in [-0.4, -0.2) is 45.5 Å². The minimum Gasteiger partial charge on any atom is -0.472 e. The number of hydrogen-bond donors (Lipinski definition) is 2. The number of amides is 1. The summed E-state index contributed by atoms with van der Waals surface area (Å²) < 4.78 is 29.2. The number of aryl methyl sites for hydroxylation is 1. The first-order valence-electron chi connectivity index (χ1n) is 8.74. The van der Waals surface area contributed by atoms with Crippen molar-refractivity contribution in [3.63, 3.8) is 0 Å². The van der Waals surface area contributed by atoms with Gasteiger partial charge in [-0.15, -0.1) is 5.10 Å². The molecule has 0 bridgehead atoms. The third kappa shape index (κ3) is 3.86. The molecule has 10 heteroatoms. The van der Waals surface area contributed by atoms with E-state index in [0.29, 0.717) is 41.6 Å². The third-order valence-electron chi connectivity index (χ3n) is 4.38. The highest BCUT2D eigenvalue weighted by Crippen LogP contribution is 2.25. The Morgan fingerprint density at radius 2 is 2.36 bits per heavy atom. The average molecular weight is 387 g/mol. The number of halogens is 1. The molecule has 4 rings (SSSR count). The Morgan fingerprint density at radius 3 is 3.11 bits per heavy atom. The summed E-state index contributed by atoms with van der Waals surface area (Å²) in [6, 6.07) is 4.33. The maximum atomic E-state index is 13.1. The quantitative estimate of drug-likeness (QED) is 0.665. The van der Waals surface area contributed by atoms with Crippen LogP contribution in [-0.2, 0) is 11.3 Å². The monoisotopic (exact) mass is 387 g/mol. The molecule has 1 unspecified atom stereocenters. The van der Waals surface area contributed by atoms with Gasteiger partial charge in [0.05, 0.1) is 30.1 Å². The maximum Gasteiger partial charge on any atom is 0.269 e. The van der Waals surface area contributed by atoms with Crippen molar-refractivity contribution in [3.05, 3.63) is 47.2 Å². The van der Waals surface area contributed by atoms with E-state index >= 15 is 0 Å². The molecule has 0 saturated carbocycles. The predicted octanol–water partition coefficient (Wildman–Crippen LogP) is 2.00. The van der Waals surface area contributed by atoms with E-state index in [9.17, 15) is 9.18 Å². The van der Waals surface area contributed by atoms with E-state index in [1.54, 1.807) is 6.92 Å². The van der Waals surface area contributed by atoms with Crippen LogP contribution in [0.4, 0.5) is 4.39 Å². The van der Waals surface area contributed by atoms with Gasteiger partial charge >= 0.3 is 0 Å². The minimum atomic E-state index is -0.437. The fourth-order valence-electron chi connectivity index (χ4n) is 2.83. The molecule has 9 nitrogen and oxygen atoms in total. The number of H-pyrrole nitrogens is 1. The first-order valence-corrected chi connectivity index (χ1v) is 8.74. The van der Waals surface area contributed by atoms with Gasteiger partial charge in [0, 0.05) is 12.7 Å². The Hall–Kier alpha value is -3.27.